The van der Waals surface area contributed by atoms with Crippen molar-refractivity contribution in [3.8, 4) is 11.3 Å². The van der Waals surface area contributed by atoms with Gasteiger partial charge >= 0.3 is 0 Å². The van der Waals surface area contributed by atoms with Crippen molar-refractivity contribution in [2.24, 2.45) is 0 Å². The van der Waals surface area contributed by atoms with Crippen LogP contribution in [0.2, 0.25) is 0 Å². The third kappa shape index (κ3) is 1.52. The number of rotatable bonds is 1. The molecule has 0 amide bonds. The molecule has 0 unspecified atom stereocenters. The molecule has 1 aromatic heterocycles. The van der Waals surface area contributed by atoms with Crippen LogP contribution in [0.4, 0.5) is 5.69 Å². The molecule has 0 atom stereocenters. The predicted octanol–water partition coefficient (Wildman–Crippen LogP) is 2.60. The van der Waals surface area contributed by atoms with Gasteiger partial charge in [0.15, 0.2) is 0 Å². The van der Waals surface area contributed by atoms with E-state index in [1.807, 2.05) is 48.5 Å². The van der Waals surface area contributed by atoms with Crippen LogP contribution in [0.3, 0.4) is 0 Å². The van der Waals surface area contributed by atoms with Crippen LogP contribution in [0.25, 0.3) is 22.2 Å². The van der Waals surface area contributed by atoms with Crippen molar-refractivity contribution in [1.82, 2.24) is 4.68 Å². The molecule has 1 heterocycles. The molecule has 0 aliphatic carbocycles. The lowest BCUT2D eigenvalue weighted by atomic mass is 10.1. The molecule has 0 bridgehead atoms. The lowest BCUT2D eigenvalue weighted by Crippen LogP contribution is -2.09. The minimum atomic E-state index is 0.724. The van der Waals surface area contributed by atoms with Gasteiger partial charge in [0.2, 0.25) is 0 Å². The third-order valence-electron chi connectivity index (χ3n) is 2.94. The normalized spacial score (nSPS) is 10.8. The van der Waals surface area contributed by atoms with Crippen LogP contribution in [0.5, 0.6) is 0 Å². The van der Waals surface area contributed by atoms with Crippen LogP contribution in [-0.4, -0.2) is 4.68 Å². The van der Waals surface area contributed by atoms with Crippen molar-refractivity contribution in [3.05, 3.63) is 54.6 Å². The van der Waals surface area contributed by atoms with E-state index in [4.69, 9.17) is 11.6 Å². The second kappa shape index (κ2) is 3.56. The van der Waals surface area contributed by atoms with Crippen LogP contribution in [0, 0.1) is 0 Å². The molecule has 0 radical (unpaired) electrons. The van der Waals surface area contributed by atoms with Crippen molar-refractivity contribution < 1.29 is 0 Å². The first-order valence-corrected chi connectivity index (χ1v) is 5.47. The Morgan fingerprint density at radius 2 is 1.65 bits per heavy atom. The molecular weight excluding hydrogens is 210 g/mol. The Bertz CT molecular complexity index is 669. The van der Waals surface area contributed by atoms with Gasteiger partial charge in [-0.3, -0.25) is 4.68 Å². The zero-order valence-electron chi connectivity index (χ0n) is 9.30. The number of benzene rings is 2. The highest BCUT2D eigenvalue weighted by Crippen LogP contribution is 2.27. The predicted molar refractivity (Wildman–Crippen MR) is 71.9 cm³/mol. The molecule has 0 aliphatic rings. The molecule has 17 heavy (non-hydrogen) atoms. The Morgan fingerprint density at radius 3 is 2.41 bits per heavy atom. The molecule has 0 saturated carbocycles. The van der Waals surface area contributed by atoms with Crippen LogP contribution in [-0.2, 0) is 0 Å². The fourth-order valence-corrected chi connectivity index (χ4v) is 2.07. The summed E-state index contributed by atoms with van der Waals surface area (Å²) in [5.41, 5.74) is 9.54. The van der Waals surface area contributed by atoms with E-state index < -0.39 is 0 Å². The van der Waals surface area contributed by atoms with E-state index >= 15 is 0 Å². The quantitative estimate of drug-likeness (QED) is 0.492. The standard InChI is InChI=1S/C14H13N3/c15-12-7-6-11-8-13(17(16)14(11)9-12)10-4-2-1-3-5-10/h1-9H,15-16H2. The van der Waals surface area contributed by atoms with Gasteiger partial charge in [-0.2, -0.15) is 0 Å². The Hall–Kier alpha value is -2.42. The molecule has 0 saturated heterocycles. The van der Waals surface area contributed by atoms with Gasteiger partial charge in [-0.25, -0.2) is 0 Å². The number of hydrogen-bond acceptors (Lipinski definition) is 2. The second-order valence-corrected chi connectivity index (χ2v) is 4.08. The number of aromatic nitrogens is 1. The van der Waals surface area contributed by atoms with Crippen molar-refractivity contribution in [2.45, 2.75) is 0 Å². The monoisotopic (exact) mass is 223 g/mol. The average Bonchev–Trinajstić information content (AvgIpc) is 2.68. The Balaban J connectivity index is 2.28. The summed E-state index contributed by atoms with van der Waals surface area (Å²) in [5, 5.41) is 1.10. The SMILES string of the molecule is Nc1ccc2cc(-c3ccccc3)n(N)c2c1. The third-order valence-corrected chi connectivity index (χ3v) is 2.94. The van der Waals surface area contributed by atoms with Crippen molar-refractivity contribution >= 4 is 16.6 Å². The molecule has 0 fully saturated rings. The minimum absolute atomic E-state index is 0.724. The van der Waals surface area contributed by atoms with Crippen LogP contribution in [0.15, 0.2) is 54.6 Å². The van der Waals surface area contributed by atoms with Gasteiger partial charge in [-0.05, 0) is 18.2 Å². The first-order valence-electron chi connectivity index (χ1n) is 5.47. The summed E-state index contributed by atoms with van der Waals surface area (Å²) in [4.78, 5) is 0. The topological polar surface area (TPSA) is 57.0 Å². The molecule has 3 nitrogen and oxygen atoms in total. The molecule has 0 spiro atoms. The molecule has 3 heteroatoms. The number of fused-ring (bicyclic) bond motifs is 1. The van der Waals surface area contributed by atoms with Crippen LogP contribution in [0.1, 0.15) is 0 Å². The molecule has 3 rings (SSSR count). The second-order valence-electron chi connectivity index (χ2n) is 4.08. The van der Waals surface area contributed by atoms with Gasteiger partial charge in [0.25, 0.3) is 0 Å². The maximum Gasteiger partial charge on any atom is 0.0718 e. The van der Waals surface area contributed by atoms with Crippen molar-refractivity contribution in [2.75, 3.05) is 11.6 Å². The van der Waals surface area contributed by atoms with Gasteiger partial charge in [0, 0.05) is 16.6 Å². The lowest BCUT2D eigenvalue weighted by molar-refractivity contribution is 1.08. The number of anilines is 1. The Morgan fingerprint density at radius 1 is 0.882 bits per heavy atom. The minimum Gasteiger partial charge on any atom is -0.399 e. The van der Waals surface area contributed by atoms with Gasteiger partial charge in [-0.15, -0.1) is 0 Å². The maximum atomic E-state index is 6.10. The number of nitrogens with two attached hydrogens (primary N) is 2. The van der Waals surface area contributed by atoms with Gasteiger partial charge < -0.3 is 11.6 Å². The molecule has 4 N–H and O–H groups in total. The zero-order valence-corrected chi connectivity index (χ0v) is 9.30. The maximum absolute atomic E-state index is 6.10. The van der Waals surface area contributed by atoms with Gasteiger partial charge in [-0.1, -0.05) is 36.4 Å². The molecule has 2 aromatic carbocycles. The summed E-state index contributed by atoms with van der Waals surface area (Å²) in [6.45, 7) is 0. The van der Waals surface area contributed by atoms with E-state index in [-0.39, 0.29) is 0 Å². The van der Waals surface area contributed by atoms with E-state index in [0.29, 0.717) is 0 Å². The highest BCUT2D eigenvalue weighted by Gasteiger charge is 2.08. The van der Waals surface area contributed by atoms with E-state index in [0.717, 1.165) is 27.8 Å². The zero-order chi connectivity index (χ0) is 11.8. The van der Waals surface area contributed by atoms with E-state index in [9.17, 15) is 0 Å². The molecular formula is C14H13N3. The van der Waals surface area contributed by atoms with Crippen molar-refractivity contribution in [1.29, 1.82) is 0 Å². The molecule has 3 aromatic rings. The Kier molecular flexibility index (Phi) is 2.05. The van der Waals surface area contributed by atoms with Crippen molar-refractivity contribution in [3.63, 3.8) is 0 Å². The van der Waals surface area contributed by atoms with Gasteiger partial charge in [0.05, 0.1) is 11.2 Å². The van der Waals surface area contributed by atoms with Crippen LogP contribution >= 0.6 is 0 Å². The number of nitrogen functional groups attached to an aromatic ring is 2. The summed E-state index contributed by atoms with van der Waals surface area (Å²) >= 11 is 0. The summed E-state index contributed by atoms with van der Waals surface area (Å²) in [5.74, 6) is 6.10. The molecule has 84 valence electrons. The summed E-state index contributed by atoms with van der Waals surface area (Å²) in [6.07, 6.45) is 0. The number of hydrogen-bond donors (Lipinski definition) is 2. The largest absolute Gasteiger partial charge is 0.399 e. The number of nitrogens with zero attached hydrogens (tertiary/aromatic N) is 1. The van der Waals surface area contributed by atoms with Crippen LogP contribution < -0.4 is 11.6 Å². The first-order chi connectivity index (χ1) is 8.25. The van der Waals surface area contributed by atoms with E-state index in [1.165, 1.54) is 0 Å². The smallest absolute Gasteiger partial charge is 0.0718 e. The average molecular weight is 223 g/mol. The highest BCUT2D eigenvalue weighted by molar-refractivity contribution is 5.89. The van der Waals surface area contributed by atoms with Gasteiger partial charge in [0.1, 0.15) is 0 Å². The summed E-state index contributed by atoms with van der Waals surface area (Å²) in [7, 11) is 0. The van der Waals surface area contributed by atoms with E-state index in [2.05, 4.69) is 6.07 Å². The lowest BCUT2D eigenvalue weighted by Gasteiger charge is -2.04. The fraction of sp³-hybridized carbons (Fsp3) is 0. The highest BCUT2D eigenvalue weighted by atomic mass is 15.3. The fourth-order valence-electron chi connectivity index (χ4n) is 2.07. The van der Waals surface area contributed by atoms with E-state index in [1.54, 1.807) is 4.68 Å². The molecule has 0 aliphatic heterocycles. The Labute approximate surface area is 99.2 Å². The summed E-state index contributed by atoms with van der Waals surface area (Å²) in [6, 6.07) is 17.9. The summed E-state index contributed by atoms with van der Waals surface area (Å²) < 4.78 is 1.68. The first kappa shape index (κ1) is 9.78.